The summed E-state index contributed by atoms with van der Waals surface area (Å²) in [5, 5.41) is 2.42. The van der Waals surface area contributed by atoms with E-state index in [0.29, 0.717) is 17.5 Å². The van der Waals surface area contributed by atoms with E-state index in [1.165, 1.54) is 20.6 Å². The molecule has 0 radical (unpaired) electrons. The van der Waals surface area contributed by atoms with Crippen molar-refractivity contribution < 1.29 is 0 Å². The first-order valence-corrected chi connectivity index (χ1v) is 13.8. The fraction of sp³-hybridized carbons (Fsp3) is 0. The third-order valence-corrected chi connectivity index (χ3v) is 8.74. The first kappa shape index (κ1) is 21.8. The molecule has 2 heterocycles. The molecule has 0 atom stereocenters. The van der Waals surface area contributed by atoms with Crippen LogP contribution in [0.3, 0.4) is 0 Å². The zero-order valence-electron chi connectivity index (χ0n) is 19.7. The van der Waals surface area contributed by atoms with Crippen molar-refractivity contribution >= 4 is 35.1 Å². The Kier molecular flexibility index (Phi) is 5.43. The standard InChI is InChI=1S/C32H20N4Se/c1-4-12-21(13-5-1)29-34-30(22-14-6-2-7-15-22)36-31(35-29)26-20-24-18-10-11-19-25(24)28-27(26)33-32(37-28)23-16-8-3-9-17-23/h1-20H. The van der Waals surface area contributed by atoms with E-state index >= 15 is 0 Å². The molecule has 0 aliphatic rings. The molecule has 2 aromatic heterocycles. The van der Waals surface area contributed by atoms with Crippen LogP contribution in [0.4, 0.5) is 0 Å². The number of benzene rings is 5. The van der Waals surface area contributed by atoms with Gasteiger partial charge >= 0.3 is 221 Å². The van der Waals surface area contributed by atoms with Gasteiger partial charge in [-0.15, -0.1) is 0 Å². The van der Waals surface area contributed by atoms with Gasteiger partial charge in [0.1, 0.15) is 0 Å². The first-order valence-electron chi connectivity index (χ1n) is 12.1. The molecule has 0 amide bonds. The molecule has 0 saturated carbocycles. The number of rotatable bonds is 4. The van der Waals surface area contributed by atoms with Crippen LogP contribution in [-0.4, -0.2) is 34.4 Å². The van der Waals surface area contributed by atoms with Gasteiger partial charge in [0.25, 0.3) is 0 Å². The Bertz CT molecular complexity index is 1810. The molecule has 0 spiro atoms. The molecule has 0 aliphatic heterocycles. The molecule has 4 nitrogen and oxygen atoms in total. The van der Waals surface area contributed by atoms with E-state index in [9.17, 15) is 0 Å². The Labute approximate surface area is 220 Å². The number of hydrogen-bond acceptors (Lipinski definition) is 4. The van der Waals surface area contributed by atoms with Crippen LogP contribution in [0.25, 0.3) is 64.8 Å². The number of aromatic nitrogens is 4. The molecule has 0 bridgehead atoms. The number of fused-ring (bicyclic) bond motifs is 3. The molecule has 37 heavy (non-hydrogen) atoms. The molecular formula is C32H20N4Se. The van der Waals surface area contributed by atoms with E-state index in [2.05, 4.69) is 54.6 Å². The zero-order valence-corrected chi connectivity index (χ0v) is 21.5. The van der Waals surface area contributed by atoms with Gasteiger partial charge in [0, 0.05) is 0 Å². The van der Waals surface area contributed by atoms with Crippen molar-refractivity contribution in [1.29, 1.82) is 0 Å². The van der Waals surface area contributed by atoms with Crippen LogP contribution in [0.5, 0.6) is 0 Å². The maximum atomic E-state index is 5.20. The maximum absolute atomic E-state index is 5.20. The summed E-state index contributed by atoms with van der Waals surface area (Å²) >= 11 is 0.0733. The van der Waals surface area contributed by atoms with Gasteiger partial charge in [0.2, 0.25) is 0 Å². The van der Waals surface area contributed by atoms with Crippen LogP contribution in [0.15, 0.2) is 121 Å². The van der Waals surface area contributed by atoms with Crippen molar-refractivity contribution in [2.75, 3.05) is 0 Å². The third kappa shape index (κ3) is 4.05. The Balaban J connectivity index is 1.53. The van der Waals surface area contributed by atoms with Gasteiger partial charge < -0.3 is 0 Å². The molecule has 0 aliphatic carbocycles. The fourth-order valence-electron chi connectivity index (χ4n) is 4.54. The van der Waals surface area contributed by atoms with E-state index in [1.54, 1.807) is 0 Å². The summed E-state index contributed by atoms with van der Waals surface area (Å²) in [4.78, 5) is 20.1. The summed E-state index contributed by atoms with van der Waals surface area (Å²) in [6, 6.07) is 41.3. The van der Waals surface area contributed by atoms with E-state index in [1.807, 2.05) is 66.7 Å². The van der Waals surface area contributed by atoms with Gasteiger partial charge in [-0.25, -0.2) is 0 Å². The Morgan fingerprint density at radius 1 is 0.459 bits per heavy atom. The molecule has 7 rings (SSSR count). The average Bonchev–Trinajstić information content (AvgIpc) is 3.44. The van der Waals surface area contributed by atoms with E-state index in [0.717, 1.165) is 26.8 Å². The summed E-state index contributed by atoms with van der Waals surface area (Å²) in [5.41, 5.74) is 5.00. The van der Waals surface area contributed by atoms with Crippen molar-refractivity contribution in [3.8, 4) is 44.3 Å². The third-order valence-electron chi connectivity index (χ3n) is 6.35. The second-order valence-corrected chi connectivity index (χ2v) is 10.8. The monoisotopic (exact) mass is 540 g/mol. The minimum absolute atomic E-state index is 0.0733. The number of nitrogens with zero attached hydrogens (tertiary/aromatic N) is 4. The van der Waals surface area contributed by atoms with Crippen LogP contribution in [0.1, 0.15) is 0 Å². The summed E-state index contributed by atoms with van der Waals surface area (Å²) in [6.07, 6.45) is 0. The normalized spacial score (nSPS) is 11.2. The molecule has 0 N–H and O–H groups in total. The van der Waals surface area contributed by atoms with Crippen LogP contribution >= 0.6 is 0 Å². The Hall–Kier alpha value is -4.44. The minimum atomic E-state index is 0.0733. The number of hydrogen-bond donors (Lipinski definition) is 0. The zero-order chi connectivity index (χ0) is 24.6. The summed E-state index contributed by atoms with van der Waals surface area (Å²) in [7, 11) is 0. The predicted octanol–water partition coefficient (Wildman–Crippen LogP) is 7.30. The van der Waals surface area contributed by atoms with Gasteiger partial charge in [0.15, 0.2) is 0 Å². The second-order valence-electron chi connectivity index (χ2n) is 8.75. The van der Waals surface area contributed by atoms with Crippen LogP contribution in [-0.2, 0) is 0 Å². The van der Waals surface area contributed by atoms with Gasteiger partial charge in [-0.2, -0.15) is 0 Å². The molecular weight excluding hydrogens is 519 g/mol. The molecule has 0 unspecified atom stereocenters. The summed E-state index contributed by atoms with van der Waals surface area (Å²) < 4.78 is 2.41. The summed E-state index contributed by atoms with van der Waals surface area (Å²) in [6.45, 7) is 0. The second kappa shape index (κ2) is 9.21. The van der Waals surface area contributed by atoms with Crippen LogP contribution in [0.2, 0.25) is 0 Å². The van der Waals surface area contributed by atoms with Crippen LogP contribution in [0, 0.1) is 0 Å². The van der Waals surface area contributed by atoms with Crippen molar-refractivity contribution in [2.24, 2.45) is 0 Å². The predicted molar refractivity (Wildman–Crippen MR) is 151 cm³/mol. The Morgan fingerprint density at radius 3 is 1.59 bits per heavy atom. The summed E-state index contributed by atoms with van der Waals surface area (Å²) in [5.74, 6) is 1.95. The van der Waals surface area contributed by atoms with Gasteiger partial charge in [-0.05, 0) is 0 Å². The molecule has 174 valence electrons. The molecule has 0 fully saturated rings. The first-order chi connectivity index (χ1) is 18.3. The van der Waals surface area contributed by atoms with E-state index < -0.39 is 0 Å². The molecule has 0 saturated heterocycles. The van der Waals surface area contributed by atoms with Crippen molar-refractivity contribution in [2.45, 2.75) is 0 Å². The van der Waals surface area contributed by atoms with E-state index in [4.69, 9.17) is 19.9 Å². The Morgan fingerprint density at radius 2 is 0.973 bits per heavy atom. The van der Waals surface area contributed by atoms with Crippen molar-refractivity contribution in [1.82, 2.24) is 19.9 Å². The fourth-order valence-corrected chi connectivity index (χ4v) is 6.92. The van der Waals surface area contributed by atoms with Crippen molar-refractivity contribution in [3.63, 3.8) is 0 Å². The van der Waals surface area contributed by atoms with Gasteiger partial charge in [0.05, 0.1) is 0 Å². The van der Waals surface area contributed by atoms with E-state index in [-0.39, 0.29) is 14.5 Å². The van der Waals surface area contributed by atoms with Gasteiger partial charge in [-0.3, -0.25) is 0 Å². The average molecular weight is 540 g/mol. The topological polar surface area (TPSA) is 51.6 Å². The molecule has 5 heteroatoms. The SMILES string of the molecule is c1ccc(-c2nc(-c3ccccc3)nc(-c3cc4ccccc4c4[se]c(-c5ccccc5)nc34)n2)cc1. The molecule has 7 aromatic rings. The van der Waals surface area contributed by atoms with Crippen molar-refractivity contribution in [3.05, 3.63) is 121 Å². The quantitative estimate of drug-likeness (QED) is 0.220. The van der Waals surface area contributed by atoms with Gasteiger partial charge in [-0.1, -0.05) is 0 Å². The molecule has 5 aromatic carbocycles. The van der Waals surface area contributed by atoms with Crippen LogP contribution < -0.4 is 0 Å².